The molecule has 1 aromatic carbocycles. The Bertz CT molecular complexity index is 473. The maximum atomic E-state index is 5.09. The zero-order chi connectivity index (χ0) is 11.4. The molecule has 0 unspecified atom stereocenters. The Hall–Kier alpha value is -2.10. The number of hydrogen-bond acceptors (Lipinski definition) is 3. The summed E-state index contributed by atoms with van der Waals surface area (Å²) in [6, 6.07) is 7.73. The topological polar surface area (TPSA) is 39.9 Å². The average Bonchev–Trinajstić information content (AvgIpc) is 2.78. The second-order valence-electron chi connectivity index (χ2n) is 3.30. The Morgan fingerprint density at radius 2 is 2.12 bits per heavy atom. The molecule has 0 bridgehead atoms. The van der Waals surface area contributed by atoms with Crippen molar-refractivity contribution in [3.63, 3.8) is 0 Å². The van der Waals surface area contributed by atoms with E-state index in [1.807, 2.05) is 24.3 Å². The average molecular weight is 215 g/mol. The fraction of sp³-hybridized carbons (Fsp3) is 0.167. The molecule has 0 amide bonds. The summed E-state index contributed by atoms with van der Waals surface area (Å²) in [6.07, 6.45) is 3.50. The molecular formula is C12H13N3O. The number of rotatable bonds is 4. The van der Waals surface area contributed by atoms with Crippen molar-refractivity contribution in [1.29, 1.82) is 0 Å². The normalized spacial score (nSPS) is 10.1. The molecule has 0 spiro atoms. The molecule has 2 aromatic rings. The molecule has 82 valence electrons. The Labute approximate surface area is 94.2 Å². The van der Waals surface area contributed by atoms with Gasteiger partial charge in [0.05, 0.1) is 19.9 Å². The molecule has 0 aliphatic heterocycles. The van der Waals surface area contributed by atoms with Crippen LogP contribution in [0.5, 0.6) is 5.75 Å². The Morgan fingerprint density at radius 3 is 2.75 bits per heavy atom. The van der Waals surface area contributed by atoms with Gasteiger partial charge in [-0.15, -0.1) is 6.58 Å². The van der Waals surface area contributed by atoms with Crippen LogP contribution in [0.25, 0.3) is 11.3 Å². The van der Waals surface area contributed by atoms with Crippen LogP contribution in [0.3, 0.4) is 0 Å². The highest BCUT2D eigenvalue weighted by molar-refractivity contribution is 5.58. The predicted octanol–water partition coefficient (Wildman–Crippen LogP) is 2.14. The summed E-state index contributed by atoms with van der Waals surface area (Å²) in [7, 11) is 1.65. The largest absolute Gasteiger partial charge is 0.497 e. The van der Waals surface area contributed by atoms with Crippen LogP contribution >= 0.6 is 0 Å². The number of benzene rings is 1. The van der Waals surface area contributed by atoms with Crippen molar-refractivity contribution in [2.24, 2.45) is 0 Å². The van der Waals surface area contributed by atoms with Crippen molar-refractivity contribution in [3.05, 3.63) is 43.1 Å². The minimum atomic E-state index is 0.621. The Morgan fingerprint density at radius 1 is 1.38 bits per heavy atom. The number of nitrogens with zero attached hydrogens (tertiary/aromatic N) is 3. The van der Waals surface area contributed by atoms with Gasteiger partial charge in [-0.25, -0.2) is 0 Å². The van der Waals surface area contributed by atoms with Crippen LogP contribution in [0, 0.1) is 0 Å². The van der Waals surface area contributed by atoms with Crippen LogP contribution < -0.4 is 4.74 Å². The number of aromatic nitrogens is 3. The Balaban J connectivity index is 2.24. The first-order chi connectivity index (χ1) is 7.83. The van der Waals surface area contributed by atoms with Gasteiger partial charge in [0.15, 0.2) is 0 Å². The van der Waals surface area contributed by atoms with Crippen molar-refractivity contribution in [2.75, 3.05) is 7.11 Å². The Kier molecular flexibility index (Phi) is 3.00. The van der Waals surface area contributed by atoms with E-state index in [1.165, 1.54) is 0 Å². The second-order valence-corrected chi connectivity index (χ2v) is 3.30. The molecule has 4 heteroatoms. The van der Waals surface area contributed by atoms with Crippen LogP contribution in [0.4, 0.5) is 0 Å². The van der Waals surface area contributed by atoms with Gasteiger partial charge in [0, 0.05) is 5.56 Å². The molecule has 0 atom stereocenters. The molecule has 0 aliphatic rings. The van der Waals surface area contributed by atoms with Gasteiger partial charge in [-0.2, -0.15) is 15.0 Å². The minimum Gasteiger partial charge on any atom is -0.497 e. The highest BCUT2D eigenvalue weighted by Gasteiger charge is 2.02. The van der Waals surface area contributed by atoms with Crippen molar-refractivity contribution in [2.45, 2.75) is 6.54 Å². The van der Waals surface area contributed by atoms with E-state index >= 15 is 0 Å². The first kappa shape index (κ1) is 10.4. The lowest BCUT2D eigenvalue weighted by Gasteiger charge is -1.99. The summed E-state index contributed by atoms with van der Waals surface area (Å²) in [4.78, 5) is 1.60. The summed E-state index contributed by atoms with van der Waals surface area (Å²) in [5, 5.41) is 8.45. The molecular weight excluding hydrogens is 202 g/mol. The van der Waals surface area contributed by atoms with E-state index in [-0.39, 0.29) is 0 Å². The third-order valence-electron chi connectivity index (χ3n) is 2.21. The zero-order valence-corrected chi connectivity index (χ0v) is 9.13. The maximum Gasteiger partial charge on any atom is 0.118 e. The van der Waals surface area contributed by atoms with Crippen LogP contribution in [0.1, 0.15) is 0 Å². The van der Waals surface area contributed by atoms with Crippen LogP contribution in [-0.4, -0.2) is 22.1 Å². The fourth-order valence-corrected chi connectivity index (χ4v) is 1.39. The quantitative estimate of drug-likeness (QED) is 0.733. The smallest absolute Gasteiger partial charge is 0.118 e. The zero-order valence-electron chi connectivity index (χ0n) is 9.13. The first-order valence-electron chi connectivity index (χ1n) is 4.99. The van der Waals surface area contributed by atoms with Crippen molar-refractivity contribution in [1.82, 2.24) is 15.0 Å². The highest BCUT2D eigenvalue weighted by Crippen LogP contribution is 2.19. The van der Waals surface area contributed by atoms with Gasteiger partial charge in [0.1, 0.15) is 11.4 Å². The van der Waals surface area contributed by atoms with E-state index in [9.17, 15) is 0 Å². The van der Waals surface area contributed by atoms with E-state index in [0.29, 0.717) is 6.54 Å². The van der Waals surface area contributed by atoms with Crippen molar-refractivity contribution in [3.8, 4) is 17.0 Å². The molecule has 0 aliphatic carbocycles. The number of methoxy groups -OCH3 is 1. The first-order valence-corrected chi connectivity index (χ1v) is 4.99. The molecule has 2 rings (SSSR count). The molecule has 1 aromatic heterocycles. The number of hydrogen-bond donors (Lipinski definition) is 0. The van der Waals surface area contributed by atoms with E-state index in [4.69, 9.17) is 4.74 Å². The van der Waals surface area contributed by atoms with E-state index in [2.05, 4.69) is 16.8 Å². The van der Waals surface area contributed by atoms with Crippen LogP contribution in [0.15, 0.2) is 43.1 Å². The molecule has 4 nitrogen and oxygen atoms in total. The number of allylic oxidation sites excluding steroid dienone is 1. The van der Waals surface area contributed by atoms with E-state index in [1.54, 1.807) is 24.2 Å². The molecule has 0 saturated heterocycles. The summed E-state index contributed by atoms with van der Waals surface area (Å²) in [5.41, 5.74) is 1.88. The van der Waals surface area contributed by atoms with Crippen LogP contribution in [-0.2, 0) is 6.54 Å². The lowest BCUT2D eigenvalue weighted by molar-refractivity contribution is 0.415. The lowest BCUT2D eigenvalue weighted by atomic mass is 10.2. The van der Waals surface area contributed by atoms with Gasteiger partial charge < -0.3 is 4.74 Å². The standard InChI is InChI=1S/C12H13N3O/c1-3-8-15-13-9-12(14-15)10-4-6-11(16-2)7-5-10/h3-7,9H,1,8H2,2H3. The van der Waals surface area contributed by atoms with Gasteiger partial charge in [-0.05, 0) is 24.3 Å². The van der Waals surface area contributed by atoms with E-state index < -0.39 is 0 Å². The van der Waals surface area contributed by atoms with Gasteiger partial charge in [0.25, 0.3) is 0 Å². The van der Waals surface area contributed by atoms with Gasteiger partial charge in [-0.3, -0.25) is 0 Å². The SMILES string of the molecule is C=CCn1ncc(-c2ccc(OC)cc2)n1. The molecule has 0 saturated carbocycles. The summed E-state index contributed by atoms with van der Waals surface area (Å²) in [6.45, 7) is 4.26. The summed E-state index contributed by atoms with van der Waals surface area (Å²) >= 11 is 0. The monoisotopic (exact) mass is 215 g/mol. The summed E-state index contributed by atoms with van der Waals surface area (Å²) < 4.78 is 5.09. The molecule has 1 heterocycles. The minimum absolute atomic E-state index is 0.621. The van der Waals surface area contributed by atoms with Crippen LogP contribution in [0.2, 0.25) is 0 Å². The third-order valence-corrected chi connectivity index (χ3v) is 2.21. The van der Waals surface area contributed by atoms with Crippen molar-refractivity contribution < 1.29 is 4.74 Å². The maximum absolute atomic E-state index is 5.09. The third kappa shape index (κ3) is 2.11. The second kappa shape index (κ2) is 4.61. The lowest BCUT2D eigenvalue weighted by Crippen LogP contribution is -1.98. The van der Waals surface area contributed by atoms with Gasteiger partial charge in [0.2, 0.25) is 0 Å². The fourth-order valence-electron chi connectivity index (χ4n) is 1.39. The van der Waals surface area contributed by atoms with Gasteiger partial charge in [-0.1, -0.05) is 6.08 Å². The number of ether oxygens (including phenoxy) is 1. The van der Waals surface area contributed by atoms with Gasteiger partial charge >= 0.3 is 0 Å². The highest BCUT2D eigenvalue weighted by atomic mass is 16.5. The molecule has 16 heavy (non-hydrogen) atoms. The van der Waals surface area contributed by atoms with E-state index in [0.717, 1.165) is 17.0 Å². The van der Waals surface area contributed by atoms with Crippen molar-refractivity contribution >= 4 is 0 Å². The molecule has 0 radical (unpaired) electrons. The predicted molar refractivity (Wildman–Crippen MR) is 62.2 cm³/mol. The summed E-state index contributed by atoms with van der Waals surface area (Å²) in [5.74, 6) is 0.835. The molecule has 0 fully saturated rings. The molecule has 0 N–H and O–H groups in total.